The van der Waals surface area contributed by atoms with Crippen molar-refractivity contribution >= 4 is 23.1 Å². The molecule has 1 aromatic rings. The van der Waals surface area contributed by atoms with E-state index < -0.39 is 6.10 Å². The van der Waals surface area contributed by atoms with Gasteiger partial charge in [0, 0.05) is 11.1 Å². The van der Waals surface area contributed by atoms with Crippen molar-refractivity contribution in [3.05, 3.63) is 29.8 Å². The monoisotopic (exact) mass is 280 g/mol. The number of hydrogen-bond donors (Lipinski definition) is 2. The van der Waals surface area contributed by atoms with E-state index in [1.54, 1.807) is 31.2 Å². The summed E-state index contributed by atoms with van der Waals surface area (Å²) in [6.07, 6.45) is -0.560. The molecular formula is C14H20N2O2S. The first-order chi connectivity index (χ1) is 8.69. The maximum absolute atomic E-state index is 11.9. The Bertz CT molecular complexity index is 463. The molecule has 0 aliphatic heterocycles. The molecule has 0 spiro atoms. The summed E-state index contributed by atoms with van der Waals surface area (Å²) in [7, 11) is 0. The van der Waals surface area contributed by atoms with Gasteiger partial charge in [0.15, 0.2) is 6.10 Å². The molecule has 1 amide bonds. The van der Waals surface area contributed by atoms with E-state index in [2.05, 4.69) is 5.32 Å². The SMILES string of the molecule is CC(Oc1ccc(C(N)=S)cc1)C(=O)NC(C)(C)C. The van der Waals surface area contributed by atoms with Gasteiger partial charge in [0.05, 0.1) is 0 Å². The minimum absolute atomic E-state index is 0.147. The number of nitrogens with one attached hydrogen (secondary N) is 1. The highest BCUT2D eigenvalue weighted by Crippen LogP contribution is 2.14. The molecule has 0 heterocycles. The number of ether oxygens (including phenoxy) is 1. The molecule has 0 aliphatic carbocycles. The third-order valence-corrected chi connectivity index (χ3v) is 2.55. The third kappa shape index (κ3) is 5.26. The van der Waals surface area contributed by atoms with Crippen LogP contribution in [0.1, 0.15) is 33.3 Å². The lowest BCUT2D eigenvalue weighted by molar-refractivity contribution is -0.128. The molecule has 1 unspecified atom stereocenters. The Labute approximate surface area is 119 Å². The zero-order valence-electron chi connectivity index (χ0n) is 11.7. The predicted molar refractivity (Wildman–Crippen MR) is 80.3 cm³/mol. The molecule has 104 valence electrons. The number of carbonyl (C=O) groups excluding carboxylic acids is 1. The second kappa shape index (κ2) is 6.02. The molecule has 0 aromatic heterocycles. The van der Waals surface area contributed by atoms with Gasteiger partial charge in [-0.3, -0.25) is 4.79 Å². The van der Waals surface area contributed by atoms with E-state index in [1.165, 1.54) is 0 Å². The third-order valence-electron chi connectivity index (χ3n) is 2.32. The Balaban J connectivity index is 2.64. The number of thiocarbonyl (C=S) groups is 1. The minimum atomic E-state index is -0.560. The lowest BCUT2D eigenvalue weighted by Gasteiger charge is -2.23. The topological polar surface area (TPSA) is 64.3 Å². The van der Waals surface area contributed by atoms with Crippen molar-refractivity contribution in [2.45, 2.75) is 39.3 Å². The van der Waals surface area contributed by atoms with Gasteiger partial charge in [0.25, 0.3) is 5.91 Å². The van der Waals surface area contributed by atoms with Gasteiger partial charge in [-0.25, -0.2) is 0 Å². The first-order valence-corrected chi connectivity index (χ1v) is 6.48. The summed E-state index contributed by atoms with van der Waals surface area (Å²) in [5.41, 5.74) is 6.01. The molecule has 0 saturated carbocycles. The van der Waals surface area contributed by atoms with Crippen LogP contribution in [0.2, 0.25) is 0 Å². The van der Waals surface area contributed by atoms with Crippen LogP contribution in [0.4, 0.5) is 0 Å². The fraction of sp³-hybridized carbons (Fsp3) is 0.429. The van der Waals surface area contributed by atoms with Crippen molar-refractivity contribution < 1.29 is 9.53 Å². The normalized spacial score (nSPS) is 12.6. The molecule has 1 rings (SSSR count). The van der Waals surface area contributed by atoms with Gasteiger partial charge in [-0.1, -0.05) is 12.2 Å². The van der Waals surface area contributed by atoms with Gasteiger partial charge in [-0.15, -0.1) is 0 Å². The van der Waals surface area contributed by atoms with E-state index in [1.807, 2.05) is 20.8 Å². The van der Waals surface area contributed by atoms with Gasteiger partial charge in [-0.2, -0.15) is 0 Å². The van der Waals surface area contributed by atoms with E-state index in [9.17, 15) is 4.79 Å². The largest absolute Gasteiger partial charge is 0.481 e. The number of benzene rings is 1. The van der Waals surface area contributed by atoms with Gasteiger partial charge in [0.2, 0.25) is 0 Å². The molecule has 0 aliphatic rings. The van der Waals surface area contributed by atoms with Gasteiger partial charge in [-0.05, 0) is 52.0 Å². The number of carbonyl (C=O) groups is 1. The Morgan fingerprint density at radius 3 is 2.26 bits per heavy atom. The number of rotatable bonds is 4. The lowest BCUT2D eigenvalue weighted by Crippen LogP contribution is -2.46. The van der Waals surface area contributed by atoms with Crippen molar-refractivity contribution in [1.29, 1.82) is 0 Å². The van der Waals surface area contributed by atoms with Gasteiger partial charge in [0.1, 0.15) is 10.7 Å². The van der Waals surface area contributed by atoms with Crippen molar-refractivity contribution in [3.8, 4) is 5.75 Å². The Kier molecular flexibility index (Phi) is 4.89. The zero-order valence-corrected chi connectivity index (χ0v) is 12.5. The summed E-state index contributed by atoms with van der Waals surface area (Å²) in [6.45, 7) is 7.49. The summed E-state index contributed by atoms with van der Waals surface area (Å²) < 4.78 is 5.56. The summed E-state index contributed by atoms with van der Waals surface area (Å²) >= 11 is 4.87. The maximum atomic E-state index is 11.9. The average Bonchev–Trinajstić information content (AvgIpc) is 2.27. The highest BCUT2D eigenvalue weighted by Gasteiger charge is 2.20. The molecule has 4 nitrogen and oxygen atoms in total. The van der Waals surface area contributed by atoms with Crippen LogP contribution in [-0.4, -0.2) is 22.5 Å². The molecule has 0 radical (unpaired) electrons. The molecular weight excluding hydrogens is 260 g/mol. The summed E-state index contributed by atoms with van der Waals surface area (Å²) in [5, 5.41) is 2.86. The van der Waals surface area contributed by atoms with Gasteiger partial charge < -0.3 is 15.8 Å². The van der Waals surface area contributed by atoms with E-state index in [-0.39, 0.29) is 11.4 Å². The van der Waals surface area contributed by atoms with E-state index >= 15 is 0 Å². The number of nitrogens with two attached hydrogens (primary N) is 1. The number of amides is 1. The van der Waals surface area contributed by atoms with Crippen LogP contribution < -0.4 is 15.8 Å². The Hall–Kier alpha value is -1.62. The quantitative estimate of drug-likeness (QED) is 0.828. The minimum Gasteiger partial charge on any atom is -0.481 e. The highest BCUT2D eigenvalue weighted by atomic mass is 32.1. The lowest BCUT2D eigenvalue weighted by atomic mass is 10.1. The maximum Gasteiger partial charge on any atom is 0.261 e. The van der Waals surface area contributed by atoms with Crippen LogP contribution in [0.5, 0.6) is 5.75 Å². The van der Waals surface area contributed by atoms with Crippen molar-refractivity contribution in [2.24, 2.45) is 5.73 Å². The first kappa shape index (κ1) is 15.4. The summed E-state index contributed by atoms with van der Waals surface area (Å²) in [4.78, 5) is 12.2. The van der Waals surface area contributed by atoms with E-state index in [4.69, 9.17) is 22.7 Å². The van der Waals surface area contributed by atoms with Crippen molar-refractivity contribution in [2.75, 3.05) is 0 Å². The zero-order chi connectivity index (χ0) is 14.6. The molecule has 19 heavy (non-hydrogen) atoms. The first-order valence-electron chi connectivity index (χ1n) is 6.07. The highest BCUT2D eigenvalue weighted by molar-refractivity contribution is 7.80. The van der Waals surface area contributed by atoms with Crippen LogP contribution >= 0.6 is 12.2 Å². The molecule has 3 N–H and O–H groups in total. The molecule has 0 fully saturated rings. The van der Waals surface area contributed by atoms with E-state index in [0.717, 1.165) is 5.56 Å². The van der Waals surface area contributed by atoms with E-state index in [0.29, 0.717) is 10.7 Å². The second-order valence-corrected chi connectivity index (χ2v) is 5.83. The van der Waals surface area contributed by atoms with Crippen LogP contribution in [0.15, 0.2) is 24.3 Å². The molecule has 1 atom stereocenters. The average molecular weight is 280 g/mol. The standard InChI is InChI=1S/C14H20N2O2S/c1-9(13(17)16-14(2,3)4)18-11-7-5-10(6-8-11)12(15)19/h5-9H,1-4H3,(H2,15,19)(H,16,17). The molecule has 5 heteroatoms. The predicted octanol–water partition coefficient (Wildman–Crippen LogP) is 2.00. The van der Waals surface area contributed by atoms with Crippen molar-refractivity contribution in [3.63, 3.8) is 0 Å². The van der Waals surface area contributed by atoms with Crippen molar-refractivity contribution in [1.82, 2.24) is 5.32 Å². The summed E-state index contributed by atoms with van der Waals surface area (Å²) in [6, 6.07) is 7.03. The smallest absolute Gasteiger partial charge is 0.261 e. The van der Waals surface area contributed by atoms with Crippen LogP contribution in [0.25, 0.3) is 0 Å². The summed E-state index contributed by atoms with van der Waals surface area (Å²) in [5.74, 6) is 0.461. The fourth-order valence-corrected chi connectivity index (χ4v) is 1.56. The van der Waals surface area contributed by atoms with Crippen LogP contribution in [-0.2, 0) is 4.79 Å². The fourth-order valence-electron chi connectivity index (χ4n) is 1.43. The Morgan fingerprint density at radius 2 is 1.84 bits per heavy atom. The second-order valence-electron chi connectivity index (χ2n) is 5.39. The molecule has 0 saturated heterocycles. The number of hydrogen-bond acceptors (Lipinski definition) is 3. The van der Waals surface area contributed by atoms with Crippen LogP contribution in [0, 0.1) is 0 Å². The van der Waals surface area contributed by atoms with Crippen LogP contribution in [0.3, 0.4) is 0 Å². The molecule has 1 aromatic carbocycles. The Morgan fingerprint density at radius 1 is 1.32 bits per heavy atom. The molecule has 0 bridgehead atoms. The van der Waals surface area contributed by atoms with Gasteiger partial charge >= 0.3 is 0 Å².